The van der Waals surface area contributed by atoms with Gasteiger partial charge in [0.25, 0.3) is 0 Å². The Morgan fingerprint density at radius 1 is 1.31 bits per heavy atom. The van der Waals surface area contributed by atoms with Crippen molar-refractivity contribution in [3.8, 4) is 0 Å². The molecule has 16 heavy (non-hydrogen) atoms. The molecule has 1 amide bonds. The number of amides is 1. The van der Waals surface area contributed by atoms with Gasteiger partial charge in [0, 0.05) is 13.6 Å². The molecule has 0 radical (unpaired) electrons. The molecule has 0 aromatic rings. The van der Waals surface area contributed by atoms with Gasteiger partial charge in [0.15, 0.2) is 0 Å². The average Bonchev–Trinajstić information content (AvgIpc) is 2.25. The number of likely N-dealkylation sites (N-methyl/N-ethyl adjacent to an activating group) is 1. The van der Waals surface area contributed by atoms with Crippen molar-refractivity contribution < 1.29 is 14.3 Å². The second kappa shape index (κ2) is 6.48. The summed E-state index contributed by atoms with van der Waals surface area (Å²) in [6, 6.07) is -0.519. The Labute approximate surface area is 96.9 Å². The maximum absolute atomic E-state index is 11.8. The number of methoxy groups -OCH3 is 1. The van der Waals surface area contributed by atoms with E-state index in [2.05, 4.69) is 4.74 Å². The zero-order valence-electron chi connectivity index (χ0n) is 10.7. The van der Waals surface area contributed by atoms with E-state index in [0.29, 0.717) is 6.54 Å². The summed E-state index contributed by atoms with van der Waals surface area (Å²) >= 11 is 0. The molecule has 2 N–H and O–H groups in total. The molecule has 0 bridgehead atoms. The Balaban J connectivity index is 4.30. The van der Waals surface area contributed by atoms with Gasteiger partial charge >= 0.3 is 5.97 Å². The van der Waals surface area contributed by atoms with E-state index in [-0.39, 0.29) is 23.7 Å². The molecule has 2 atom stereocenters. The topological polar surface area (TPSA) is 72.6 Å². The van der Waals surface area contributed by atoms with Crippen LogP contribution in [0.3, 0.4) is 0 Å². The highest BCUT2D eigenvalue weighted by molar-refractivity contribution is 5.82. The normalized spacial score (nSPS) is 14.4. The van der Waals surface area contributed by atoms with Crippen LogP contribution in [0.15, 0.2) is 0 Å². The van der Waals surface area contributed by atoms with Crippen molar-refractivity contribution in [3.63, 3.8) is 0 Å². The largest absolute Gasteiger partial charge is 0.469 e. The number of hydrogen-bond donors (Lipinski definition) is 1. The summed E-state index contributed by atoms with van der Waals surface area (Å²) in [4.78, 5) is 24.4. The van der Waals surface area contributed by atoms with Crippen LogP contribution in [0.25, 0.3) is 0 Å². The van der Waals surface area contributed by atoms with Crippen LogP contribution < -0.4 is 5.73 Å². The van der Waals surface area contributed by atoms with Crippen molar-refractivity contribution in [1.82, 2.24) is 4.90 Å². The molecule has 0 spiro atoms. The molecule has 0 heterocycles. The van der Waals surface area contributed by atoms with E-state index < -0.39 is 6.04 Å². The SMILES string of the molecule is COC(=O)C(C)CN(C)C(=O)C(N)C(C)C. The summed E-state index contributed by atoms with van der Waals surface area (Å²) in [6.45, 7) is 5.82. The van der Waals surface area contributed by atoms with Crippen LogP contribution in [0.2, 0.25) is 0 Å². The third-order valence-electron chi connectivity index (χ3n) is 2.53. The zero-order valence-corrected chi connectivity index (χ0v) is 10.7. The van der Waals surface area contributed by atoms with Crippen LogP contribution in [-0.4, -0.2) is 43.5 Å². The predicted molar refractivity (Wildman–Crippen MR) is 61.6 cm³/mol. The molecule has 0 aliphatic rings. The first-order valence-corrected chi connectivity index (χ1v) is 5.39. The highest BCUT2D eigenvalue weighted by atomic mass is 16.5. The molecule has 0 saturated heterocycles. The quantitative estimate of drug-likeness (QED) is 0.687. The lowest BCUT2D eigenvalue weighted by molar-refractivity contribution is -0.146. The lowest BCUT2D eigenvalue weighted by atomic mass is 10.0. The third-order valence-corrected chi connectivity index (χ3v) is 2.53. The summed E-state index contributed by atoms with van der Waals surface area (Å²) in [6.07, 6.45) is 0. The summed E-state index contributed by atoms with van der Waals surface area (Å²) in [5.74, 6) is -0.717. The van der Waals surface area contributed by atoms with E-state index in [4.69, 9.17) is 5.73 Å². The van der Waals surface area contributed by atoms with Gasteiger partial charge in [-0.1, -0.05) is 20.8 Å². The first-order valence-electron chi connectivity index (χ1n) is 5.39. The number of esters is 1. The van der Waals surface area contributed by atoms with E-state index in [1.54, 1.807) is 14.0 Å². The van der Waals surface area contributed by atoms with Crippen LogP contribution >= 0.6 is 0 Å². The Morgan fingerprint density at radius 2 is 1.81 bits per heavy atom. The standard InChI is InChI=1S/C11H22N2O3/c1-7(2)9(12)10(14)13(4)6-8(3)11(15)16-5/h7-9H,6,12H2,1-5H3. The Kier molecular flexibility index (Phi) is 6.03. The van der Waals surface area contributed by atoms with Gasteiger partial charge in [0.1, 0.15) is 0 Å². The number of rotatable bonds is 5. The second-order valence-corrected chi connectivity index (χ2v) is 4.41. The molecule has 5 heteroatoms. The van der Waals surface area contributed by atoms with Crippen molar-refractivity contribution in [2.75, 3.05) is 20.7 Å². The van der Waals surface area contributed by atoms with Gasteiger partial charge in [0.2, 0.25) is 5.91 Å². The number of nitrogens with zero attached hydrogens (tertiary/aromatic N) is 1. The molecular formula is C11H22N2O3. The highest BCUT2D eigenvalue weighted by Gasteiger charge is 2.24. The fourth-order valence-corrected chi connectivity index (χ4v) is 1.32. The number of hydrogen-bond acceptors (Lipinski definition) is 4. The average molecular weight is 230 g/mol. The highest BCUT2D eigenvalue weighted by Crippen LogP contribution is 2.06. The molecule has 0 fully saturated rings. The van der Waals surface area contributed by atoms with Gasteiger partial charge in [-0.2, -0.15) is 0 Å². The maximum atomic E-state index is 11.8. The Morgan fingerprint density at radius 3 is 2.19 bits per heavy atom. The van der Waals surface area contributed by atoms with E-state index in [9.17, 15) is 9.59 Å². The predicted octanol–water partition coefficient (Wildman–Crippen LogP) is 0.237. The first kappa shape index (κ1) is 14.9. The Bertz CT molecular complexity index is 254. The van der Waals surface area contributed by atoms with Gasteiger partial charge in [-0.3, -0.25) is 9.59 Å². The molecule has 2 unspecified atom stereocenters. The van der Waals surface area contributed by atoms with Crippen LogP contribution in [0.4, 0.5) is 0 Å². The molecule has 0 aliphatic carbocycles. The summed E-state index contributed by atoms with van der Waals surface area (Å²) < 4.78 is 4.59. The molecule has 94 valence electrons. The number of carbonyl (C=O) groups excluding carboxylic acids is 2. The molecule has 0 rings (SSSR count). The monoisotopic (exact) mass is 230 g/mol. The van der Waals surface area contributed by atoms with Gasteiger partial charge < -0.3 is 15.4 Å². The van der Waals surface area contributed by atoms with Crippen molar-refractivity contribution in [2.24, 2.45) is 17.6 Å². The zero-order chi connectivity index (χ0) is 12.9. The van der Waals surface area contributed by atoms with Gasteiger partial charge in [-0.25, -0.2) is 0 Å². The van der Waals surface area contributed by atoms with E-state index >= 15 is 0 Å². The van der Waals surface area contributed by atoms with Gasteiger partial charge in [-0.15, -0.1) is 0 Å². The summed E-state index contributed by atoms with van der Waals surface area (Å²) in [7, 11) is 2.98. The van der Waals surface area contributed by atoms with E-state index in [1.807, 2.05) is 13.8 Å². The third kappa shape index (κ3) is 4.18. The molecule has 0 saturated carbocycles. The van der Waals surface area contributed by atoms with Crippen molar-refractivity contribution in [1.29, 1.82) is 0 Å². The fourth-order valence-electron chi connectivity index (χ4n) is 1.32. The first-order chi connectivity index (χ1) is 7.31. The maximum Gasteiger partial charge on any atom is 0.310 e. The van der Waals surface area contributed by atoms with Crippen molar-refractivity contribution >= 4 is 11.9 Å². The molecule has 0 aromatic heterocycles. The Hall–Kier alpha value is -1.10. The summed E-state index contributed by atoms with van der Waals surface area (Å²) in [5, 5.41) is 0. The number of carbonyl (C=O) groups is 2. The summed E-state index contributed by atoms with van der Waals surface area (Å²) in [5.41, 5.74) is 5.74. The fraction of sp³-hybridized carbons (Fsp3) is 0.818. The molecule has 0 aromatic carbocycles. The second-order valence-electron chi connectivity index (χ2n) is 4.41. The smallest absolute Gasteiger partial charge is 0.310 e. The minimum absolute atomic E-state index is 0.0865. The molecular weight excluding hydrogens is 208 g/mol. The molecule has 5 nitrogen and oxygen atoms in total. The van der Waals surface area contributed by atoms with Crippen LogP contribution in [0.1, 0.15) is 20.8 Å². The number of nitrogens with two attached hydrogens (primary N) is 1. The van der Waals surface area contributed by atoms with Crippen molar-refractivity contribution in [2.45, 2.75) is 26.8 Å². The number of ether oxygens (including phenoxy) is 1. The minimum Gasteiger partial charge on any atom is -0.469 e. The van der Waals surface area contributed by atoms with Gasteiger partial charge in [-0.05, 0) is 5.92 Å². The van der Waals surface area contributed by atoms with E-state index in [0.717, 1.165) is 0 Å². The van der Waals surface area contributed by atoms with E-state index in [1.165, 1.54) is 12.0 Å². The van der Waals surface area contributed by atoms with Crippen LogP contribution in [-0.2, 0) is 14.3 Å². The lowest BCUT2D eigenvalue weighted by Gasteiger charge is -2.25. The lowest BCUT2D eigenvalue weighted by Crippen LogP contribution is -2.46. The molecule has 0 aliphatic heterocycles. The van der Waals surface area contributed by atoms with Crippen molar-refractivity contribution in [3.05, 3.63) is 0 Å². The minimum atomic E-state index is -0.519. The van der Waals surface area contributed by atoms with Crippen LogP contribution in [0.5, 0.6) is 0 Å². The van der Waals surface area contributed by atoms with Gasteiger partial charge in [0.05, 0.1) is 19.1 Å². The van der Waals surface area contributed by atoms with Crippen LogP contribution in [0, 0.1) is 11.8 Å².